The average Bonchev–Trinajstić information content (AvgIpc) is 2.63. The van der Waals surface area contributed by atoms with E-state index in [0.717, 1.165) is 0 Å². The van der Waals surface area contributed by atoms with E-state index in [1.807, 2.05) is 0 Å². The zero-order valence-corrected chi connectivity index (χ0v) is 19.4. The first kappa shape index (κ1) is 22.3. The van der Waals surface area contributed by atoms with Gasteiger partial charge in [0.05, 0.1) is 18.3 Å². The van der Waals surface area contributed by atoms with Gasteiger partial charge in [-0.05, 0) is 42.7 Å². The molecule has 1 fully saturated rings. The predicted octanol–water partition coefficient (Wildman–Crippen LogP) is 4.14. The SMILES string of the molecule is CC(C)(C)[Si](C)(C)O[C@@H]1[C@@H](O[Si](C)(C)C(C)(C)C)[C@H](CO)C[C@@H]1O. The fourth-order valence-corrected chi connectivity index (χ4v) is 5.27. The average molecular weight is 377 g/mol. The quantitative estimate of drug-likeness (QED) is 0.708. The van der Waals surface area contributed by atoms with E-state index in [-0.39, 0.29) is 34.8 Å². The molecule has 2 N–H and O–H groups in total. The van der Waals surface area contributed by atoms with Crippen LogP contribution in [-0.2, 0) is 8.85 Å². The molecule has 0 spiro atoms. The second-order valence-electron chi connectivity index (χ2n) is 10.4. The van der Waals surface area contributed by atoms with Crippen LogP contribution in [0.1, 0.15) is 48.0 Å². The maximum atomic E-state index is 10.6. The van der Waals surface area contributed by atoms with Crippen molar-refractivity contribution in [3.63, 3.8) is 0 Å². The maximum absolute atomic E-state index is 10.6. The van der Waals surface area contributed by atoms with Crippen LogP contribution in [0.15, 0.2) is 0 Å². The molecular formula is C18H40O4Si2. The Morgan fingerprint density at radius 1 is 0.833 bits per heavy atom. The van der Waals surface area contributed by atoms with E-state index in [4.69, 9.17) is 8.85 Å². The number of hydrogen-bond donors (Lipinski definition) is 2. The normalized spacial score (nSPS) is 30.0. The molecule has 0 radical (unpaired) electrons. The number of aliphatic hydroxyl groups excluding tert-OH is 2. The van der Waals surface area contributed by atoms with Gasteiger partial charge in [-0.1, -0.05) is 41.5 Å². The molecule has 24 heavy (non-hydrogen) atoms. The van der Waals surface area contributed by atoms with E-state index in [0.29, 0.717) is 6.42 Å². The molecule has 1 rings (SSSR count). The van der Waals surface area contributed by atoms with Crippen LogP contribution in [0.3, 0.4) is 0 Å². The van der Waals surface area contributed by atoms with E-state index in [9.17, 15) is 10.2 Å². The summed E-state index contributed by atoms with van der Waals surface area (Å²) in [5, 5.41) is 20.6. The minimum absolute atomic E-state index is 0.0354. The van der Waals surface area contributed by atoms with Gasteiger partial charge in [-0.3, -0.25) is 0 Å². The van der Waals surface area contributed by atoms with Gasteiger partial charge in [-0.2, -0.15) is 0 Å². The molecule has 0 aromatic carbocycles. The van der Waals surface area contributed by atoms with Crippen LogP contribution in [-0.4, -0.2) is 51.8 Å². The molecule has 0 aliphatic heterocycles. The molecule has 0 aromatic heterocycles. The van der Waals surface area contributed by atoms with Crippen molar-refractivity contribution in [1.82, 2.24) is 0 Å². The van der Waals surface area contributed by atoms with Gasteiger partial charge in [0.25, 0.3) is 0 Å². The van der Waals surface area contributed by atoms with Crippen molar-refractivity contribution in [2.75, 3.05) is 6.61 Å². The summed E-state index contributed by atoms with van der Waals surface area (Å²) in [6.07, 6.45) is -0.571. The first-order valence-electron chi connectivity index (χ1n) is 9.18. The second kappa shape index (κ2) is 7.12. The van der Waals surface area contributed by atoms with Crippen molar-refractivity contribution in [3.8, 4) is 0 Å². The summed E-state index contributed by atoms with van der Waals surface area (Å²) in [5.41, 5.74) is 0. The Labute approximate surface area is 151 Å². The van der Waals surface area contributed by atoms with Gasteiger partial charge in [0.1, 0.15) is 0 Å². The van der Waals surface area contributed by atoms with Crippen molar-refractivity contribution >= 4 is 16.6 Å². The van der Waals surface area contributed by atoms with Crippen molar-refractivity contribution in [1.29, 1.82) is 0 Å². The van der Waals surface area contributed by atoms with Crippen molar-refractivity contribution in [2.45, 2.75) is 103 Å². The Balaban J connectivity index is 3.08. The van der Waals surface area contributed by atoms with Crippen LogP contribution in [0.2, 0.25) is 36.3 Å². The molecule has 0 heterocycles. The highest BCUT2D eigenvalue weighted by atomic mass is 28.4. The third kappa shape index (κ3) is 4.71. The molecule has 0 saturated heterocycles. The van der Waals surface area contributed by atoms with Gasteiger partial charge < -0.3 is 19.1 Å². The van der Waals surface area contributed by atoms with E-state index in [1.54, 1.807) is 0 Å². The Morgan fingerprint density at radius 2 is 1.21 bits per heavy atom. The molecule has 0 amide bonds. The van der Waals surface area contributed by atoms with E-state index < -0.39 is 22.7 Å². The molecule has 1 saturated carbocycles. The first-order valence-corrected chi connectivity index (χ1v) is 15.0. The standard InChI is InChI=1S/C18H40O4Si2/c1-17(2,3)23(7,8)21-15-13(12-19)11-14(20)16(15)22-24(9,10)18(4,5)6/h13-16,19-20H,11-12H2,1-10H3/t13-,14-,15-,16-/m0/s1. The smallest absolute Gasteiger partial charge is 0.192 e. The largest absolute Gasteiger partial charge is 0.411 e. The molecule has 4 atom stereocenters. The fourth-order valence-electron chi connectivity index (χ4n) is 2.59. The Bertz CT molecular complexity index is 424. The summed E-state index contributed by atoms with van der Waals surface area (Å²) in [7, 11) is -4.03. The van der Waals surface area contributed by atoms with Crippen molar-refractivity contribution in [2.24, 2.45) is 5.92 Å². The molecule has 4 nitrogen and oxygen atoms in total. The molecule has 0 bridgehead atoms. The zero-order valence-electron chi connectivity index (χ0n) is 17.4. The van der Waals surface area contributed by atoms with Crippen LogP contribution < -0.4 is 0 Å². The lowest BCUT2D eigenvalue weighted by Gasteiger charge is -2.44. The van der Waals surface area contributed by atoms with Gasteiger partial charge >= 0.3 is 0 Å². The minimum Gasteiger partial charge on any atom is -0.411 e. The van der Waals surface area contributed by atoms with Gasteiger partial charge in [0.15, 0.2) is 16.6 Å². The summed E-state index contributed by atoms with van der Waals surface area (Å²) >= 11 is 0. The Morgan fingerprint density at radius 3 is 1.54 bits per heavy atom. The first-order chi connectivity index (χ1) is 10.5. The molecule has 0 aromatic rings. The monoisotopic (exact) mass is 376 g/mol. The molecule has 1 aliphatic carbocycles. The van der Waals surface area contributed by atoms with Crippen LogP contribution in [0, 0.1) is 5.92 Å². The summed E-state index contributed by atoms with van der Waals surface area (Å²) in [5.74, 6) is -0.0520. The molecular weight excluding hydrogens is 336 g/mol. The third-order valence-corrected chi connectivity index (χ3v) is 15.4. The van der Waals surface area contributed by atoms with Crippen LogP contribution in [0.25, 0.3) is 0 Å². The highest BCUT2D eigenvalue weighted by Crippen LogP contribution is 2.44. The van der Waals surface area contributed by atoms with Gasteiger partial charge in [-0.15, -0.1) is 0 Å². The van der Waals surface area contributed by atoms with Gasteiger partial charge in [-0.25, -0.2) is 0 Å². The van der Waals surface area contributed by atoms with Crippen molar-refractivity contribution < 1.29 is 19.1 Å². The summed E-state index contributed by atoms with van der Waals surface area (Å²) in [6, 6.07) is 0. The number of hydrogen-bond acceptors (Lipinski definition) is 4. The molecule has 0 unspecified atom stereocenters. The summed E-state index contributed by atoms with van der Waals surface area (Å²) < 4.78 is 13.2. The van der Waals surface area contributed by atoms with E-state index >= 15 is 0 Å². The van der Waals surface area contributed by atoms with Crippen LogP contribution >= 0.6 is 0 Å². The van der Waals surface area contributed by atoms with Crippen LogP contribution in [0.4, 0.5) is 0 Å². The Kier molecular flexibility index (Phi) is 6.62. The van der Waals surface area contributed by atoms with Gasteiger partial charge in [0.2, 0.25) is 0 Å². The van der Waals surface area contributed by atoms with Crippen LogP contribution in [0.5, 0.6) is 0 Å². The minimum atomic E-state index is -2.02. The fraction of sp³-hybridized carbons (Fsp3) is 1.00. The zero-order chi connectivity index (χ0) is 19.1. The third-order valence-electron chi connectivity index (χ3n) is 6.42. The Hall–Kier alpha value is 0.274. The van der Waals surface area contributed by atoms with E-state index in [2.05, 4.69) is 67.7 Å². The lowest BCUT2D eigenvalue weighted by molar-refractivity contribution is -0.0163. The predicted molar refractivity (Wildman–Crippen MR) is 105 cm³/mol. The highest BCUT2D eigenvalue weighted by molar-refractivity contribution is 6.74. The van der Waals surface area contributed by atoms with Gasteiger partial charge in [0, 0.05) is 12.5 Å². The van der Waals surface area contributed by atoms with E-state index in [1.165, 1.54) is 0 Å². The summed E-state index contributed by atoms with van der Waals surface area (Å²) in [6.45, 7) is 22.1. The lowest BCUT2D eigenvalue weighted by atomic mass is 10.1. The molecule has 6 heteroatoms. The summed E-state index contributed by atoms with van der Waals surface area (Å²) in [4.78, 5) is 0. The molecule has 1 aliphatic rings. The second-order valence-corrected chi connectivity index (χ2v) is 19.9. The highest BCUT2D eigenvalue weighted by Gasteiger charge is 2.52. The molecule has 144 valence electrons. The van der Waals surface area contributed by atoms with Crippen molar-refractivity contribution in [3.05, 3.63) is 0 Å². The number of aliphatic hydroxyl groups is 2. The topological polar surface area (TPSA) is 58.9 Å². The number of rotatable bonds is 5. The lowest BCUT2D eigenvalue weighted by Crippen LogP contribution is -2.53. The maximum Gasteiger partial charge on any atom is 0.192 e.